The van der Waals surface area contributed by atoms with Gasteiger partial charge >= 0.3 is 0 Å². The van der Waals surface area contributed by atoms with Crippen molar-refractivity contribution >= 4 is 5.91 Å². The molecule has 0 aliphatic rings. The topological polar surface area (TPSA) is 51.2 Å². The van der Waals surface area contributed by atoms with Crippen molar-refractivity contribution in [2.75, 3.05) is 6.61 Å². The summed E-state index contributed by atoms with van der Waals surface area (Å²) in [6.07, 6.45) is 4.78. The van der Waals surface area contributed by atoms with Crippen molar-refractivity contribution in [1.82, 2.24) is 10.3 Å². The molecule has 4 nitrogen and oxygen atoms in total. The second-order valence-corrected chi connectivity index (χ2v) is 5.95. The highest BCUT2D eigenvalue weighted by Gasteiger charge is 2.16. The second kappa shape index (κ2) is 8.93. The molecule has 0 spiro atoms. The normalized spacial score (nSPS) is 12.0. The number of rotatable bonds is 8. The Kier molecular flexibility index (Phi) is 6.60. The van der Waals surface area contributed by atoms with E-state index in [0.717, 1.165) is 17.7 Å². The van der Waals surface area contributed by atoms with E-state index in [-0.39, 0.29) is 11.9 Å². The largest absolute Gasteiger partial charge is 0.493 e. The molecule has 0 aliphatic carbocycles. The molecule has 0 bridgehead atoms. The van der Waals surface area contributed by atoms with Gasteiger partial charge in [0, 0.05) is 12.4 Å². The van der Waals surface area contributed by atoms with Crippen LogP contribution in [0.1, 0.15) is 38.3 Å². The van der Waals surface area contributed by atoms with Gasteiger partial charge in [0.25, 0.3) is 0 Å². The second-order valence-electron chi connectivity index (χ2n) is 5.95. The summed E-state index contributed by atoms with van der Waals surface area (Å²) >= 11 is 0. The zero-order valence-corrected chi connectivity index (χ0v) is 13.7. The van der Waals surface area contributed by atoms with Crippen molar-refractivity contribution in [3.8, 4) is 5.75 Å². The third-order valence-corrected chi connectivity index (χ3v) is 3.47. The molecule has 0 saturated heterocycles. The molecule has 0 aliphatic heterocycles. The number of para-hydroxylation sites is 1. The number of pyridine rings is 1. The van der Waals surface area contributed by atoms with Crippen LogP contribution in [-0.4, -0.2) is 17.5 Å². The molecule has 0 unspecified atom stereocenters. The van der Waals surface area contributed by atoms with Gasteiger partial charge in [0.2, 0.25) is 5.91 Å². The molecule has 1 N–H and O–H groups in total. The predicted molar refractivity (Wildman–Crippen MR) is 91.1 cm³/mol. The molecule has 1 aromatic heterocycles. The minimum atomic E-state index is -0.00655. The molecule has 1 amide bonds. The number of carbonyl (C=O) groups is 1. The Morgan fingerprint density at radius 2 is 1.96 bits per heavy atom. The van der Waals surface area contributed by atoms with E-state index >= 15 is 0 Å². The Morgan fingerprint density at radius 1 is 1.17 bits per heavy atom. The summed E-state index contributed by atoms with van der Waals surface area (Å²) in [6.45, 7) is 4.67. The zero-order valence-electron chi connectivity index (χ0n) is 13.7. The lowest BCUT2D eigenvalue weighted by Gasteiger charge is -2.21. The Morgan fingerprint density at radius 3 is 2.61 bits per heavy atom. The fourth-order valence-corrected chi connectivity index (χ4v) is 2.38. The molecule has 4 heteroatoms. The van der Waals surface area contributed by atoms with E-state index < -0.39 is 0 Å². The lowest BCUT2D eigenvalue weighted by molar-refractivity contribution is -0.122. The van der Waals surface area contributed by atoms with Crippen molar-refractivity contribution in [1.29, 1.82) is 0 Å². The van der Waals surface area contributed by atoms with Gasteiger partial charge in [-0.15, -0.1) is 0 Å². The highest BCUT2D eigenvalue weighted by Crippen LogP contribution is 2.20. The first-order valence-corrected chi connectivity index (χ1v) is 8.02. The predicted octanol–water partition coefficient (Wildman–Crippen LogP) is 3.75. The van der Waals surface area contributed by atoms with Gasteiger partial charge in [-0.25, -0.2) is 0 Å². The van der Waals surface area contributed by atoms with Crippen LogP contribution >= 0.6 is 0 Å². The van der Waals surface area contributed by atoms with Gasteiger partial charge in [-0.05, 0) is 36.1 Å². The van der Waals surface area contributed by atoms with Gasteiger partial charge in [0.05, 0.1) is 19.1 Å². The number of hydrogen-bond acceptors (Lipinski definition) is 3. The number of benzene rings is 1. The number of nitrogens with zero attached hydrogens (tertiary/aromatic N) is 1. The van der Waals surface area contributed by atoms with Gasteiger partial charge in [-0.1, -0.05) is 38.1 Å². The molecule has 0 radical (unpaired) electrons. The summed E-state index contributed by atoms with van der Waals surface area (Å²) in [5.41, 5.74) is 1.04. The van der Waals surface area contributed by atoms with E-state index in [0.29, 0.717) is 18.9 Å². The van der Waals surface area contributed by atoms with Crippen molar-refractivity contribution in [3.63, 3.8) is 0 Å². The summed E-state index contributed by atoms with van der Waals surface area (Å²) in [4.78, 5) is 16.3. The first-order valence-electron chi connectivity index (χ1n) is 8.02. The zero-order chi connectivity index (χ0) is 16.5. The van der Waals surface area contributed by atoms with E-state index in [1.807, 2.05) is 48.7 Å². The number of hydrogen-bond donors (Lipinski definition) is 1. The van der Waals surface area contributed by atoms with Crippen LogP contribution in [0, 0.1) is 5.92 Å². The van der Waals surface area contributed by atoms with Crippen molar-refractivity contribution in [3.05, 3.63) is 60.4 Å². The lowest BCUT2D eigenvalue weighted by Crippen LogP contribution is -2.30. The monoisotopic (exact) mass is 312 g/mol. The number of aromatic nitrogens is 1. The van der Waals surface area contributed by atoms with Gasteiger partial charge in [-0.2, -0.15) is 0 Å². The van der Waals surface area contributed by atoms with Crippen LogP contribution in [0.2, 0.25) is 0 Å². The average Bonchev–Trinajstić information content (AvgIpc) is 2.56. The summed E-state index contributed by atoms with van der Waals surface area (Å²) in [7, 11) is 0. The van der Waals surface area contributed by atoms with Crippen molar-refractivity contribution in [2.45, 2.75) is 32.7 Å². The van der Waals surface area contributed by atoms with E-state index in [4.69, 9.17) is 4.74 Å². The standard InChI is InChI=1S/C19H24N2O2/c1-15(2)13-18(16-7-6-11-20-14-16)21-19(22)10-12-23-17-8-4-3-5-9-17/h3-9,11,14-15,18H,10,12-13H2,1-2H3,(H,21,22)/t18-/m1/s1. The number of ether oxygens (including phenoxy) is 1. The smallest absolute Gasteiger partial charge is 0.223 e. The van der Waals surface area contributed by atoms with Crippen LogP contribution in [0.15, 0.2) is 54.9 Å². The summed E-state index contributed by atoms with van der Waals surface area (Å²) in [6, 6.07) is 13.4. The number of carbonyl (C=O) groups excluding carboxylic acids is 1. The highest BCUT2D eigenvalue weighted by molar-refractivity contribution is 5.76. The molecular formula is C19H24N2O2. The Labute approximate surface area is 137 Å². The first kappa shape index (κ1) is 17.0. The van der Waals surface area contributed by atoms with Gasteiger partial charge < -0.3 is 10.1 Å². The Balaban J connectivity index is 1.85. The third kappa shape index (κ3) is 6.10. The molecule has 122 valence electrons. The average molecular weight is 312 g/mol. The van der Waals surface area contributed by atoms with Gasteiger partial charge in [0.1, 0.15) is 5.75 Å². The quantitative estimate of drug-likeness (QED) is 0.807. The molecule has 23 heavy (non-hydrogen) atoms. The SMILES string of the molecule is CC(C)C[C@@H](NC(=O)CCOc1ccccc1)c1cccnc1. The molecule has 2 aromatic rings. The molecule has 2 rings (SSSR count). The van der Waals surface area contributed by atoms with Crippen molar-refractivity contribution < 1.29 is 9.53 Å². The summed E-state index contributed by atoms with van der Waals surface area (Å²) < 4.78 is 5.57. The Bertz CT molecular complexity index is 585. The summed E-state index contributed by atoms with van der Waals surface area (Å²) in [5, 5.41) is 3.09. The van der Waals surface area contributed by atoms with E-state index in [2.05, 4.69) is 24.1 Å². The lowest BCUT2D eigenvalue weighted by atomic mass is 9.98. The van der Waals surface area contributed by atoms with Crippen molar-refractivity contribution in [2.24, 2.45) is 5.92 Å². The highest BCUT2D eigenvalue weighted by atomic mass is 16.5. The minimum absolute atomic E-state index is 0.00423. The molecule has 1 atom stereocenters. The van der Waals surface area contributed by atoms with Gasteiger partial charge in [0.15, 0.2) is 0 Å². The van der Waals surface area contributed by atoms with Crippen LogP contribution in [-0.2, 0) is 4.79 Å². The number of amides is 1. The molecule has 0 saturated carbocycles. The Hall–Kier alpha value is -2.36. The molecule has 1 aromatic carbocycles. The van der Waals surface area contributed by atoms with Crippen LogP contribution in [0.25, 0.3) is 0 Å². The maximum absolute atomic E-state index is 12.2. The minimum Gasteiger partial charge on any atom is -0.493 e. The van der Waals surface area contributed by atoms with E-state index in [1.165, 1.54) is 0 Å². The maximum Gasteiger partial charge on any atom is 0.223 e. The maximum atomic E-state index is 12.2. The van der Waals surface area contributed by atoms with Crippen LogP contribution in [0.4, 0.5) is 0 Å². The molecule has 1 heterocycles. The molecular weight excluding hydrogens is 288 g/mol. The van der Waals surface area contributed by atoms with E-state index in [9.17, 15) is 4.79 Å². The van der Waals surface area contributed by atoms with E-state index in [1.54, 1.807) is 6.20 Å². The van der Waals surface area contributed by atoms with Gasteiger partial charge in [-0.3, -0.25) is 9.78 Å². The third-order valence-electron chi connectivity index (χ3n) is 3.47. The van der Waals surface area contributed by atoms with Crippen LogP contribution in [0.5, 0.6) is 5.75 Å². The fraction of sp³-hybridized carbons (Fsp3) is 0.368. The first-order chi connectivity index (χ1) is 11.1. The van der Waals surface area contributed by atoms with Crippen LogP contribution < -0.4 is 10.1 Å². The number of nitrogens with one attached hydrogen (secondary N) is 1. The van der Waals surface area contributed by atoms with Crippen LogP contribution in [0.3, 0.4) is 0 Å². The fourth-order valence-electron chi connectivity index (χ4n) is 2.38. The summed E-state index contributed by atoms with van der Waals surface area (Å²) in [5.74, 6) is 1.27. The molecule has 0 fully saturated rings.